The van der Waals surface area contributed by atoms with Crippen LogP contribution in [0.1, 0.15) is 57.2 Å². The molecule has 0 aromatic heterocycles. The number of rotatable bonds is 5. The summed E-state index contributed by atoms with van der Waals surface area (Å²) in [6, 6.07) is 10.3. The average molecular weight is 286 g/mol. The van der Waals surface area contributed by atoms with E-state index in [-0.39, 0.29) is 18.1 Å². The number of hydrogen-bond acceptors (Lipinski definition) is 2. The number of amides is 1. The first-order chi connectivity index (χ1) is 10.3. The Morgan fingerprint density at radius 1 is 1.19 bits per heavy atom. The number of nitrogens with zero attached hydrogens (tertiary/aromatic N) is 1. The first-order valence-electron chi connectivity index (χ1n) is 8.41. The monoisotopic (exact) mass is 286 g/mol. The molecule has 1 aliphatic carbocycles. The zero-order valence-corrected chi connectivity index (χ0v) is 12.9. The molecule has 1 aromatic rings. The zero-order chi connectivity index (χ0) is 14.7. The van der Waals surface area contributed by atoms with Crippen molar-refractivity contribution in [1.29, 1.82) is 0 Å². The first-order valence-corrected chi connectivity index (χ1v) is 8.41. The van der Waals surface area contributed by atoms with Gasteiger partial charge in [-0.15, -0.1) is 0 Å². The van der Waals surface area contributed by atoms with Crippen LogP contribution in [0, 0.1) is 5.92 Å². The van der Waals surface area contributed by atoms with Gasteiger partial charge >= 0.3 is 0 Å². The summed E-state index contributed by atoms with van der Waals surface area (Å²) in [5, 5.41) is 3.51. The fourth-order valence-corrected chi connectivity index (χ4v) is 3.74. The van der Waals surface area contributed by atoms with E-state index in [4.69, 9.17) is 0 Å². The highest BCUT2D eigenvalue weighted by atomic mass is 16.2. The van der Waals surface area contributed by atoms with Gasteiger partial charge in [0.1, 0.15) is 6.17 Å². The number of nitrogens with one attached hydrogen (secondary N) is 1. The molecule has 2 aliphatic rings. The fraction of sp³-hybridized carbons (Fsp3) is 0.611. The Bertz CT molecular complexity index is 467. The molecule has 0 bridgehead atoms. The van der Waals surface area contributed by atoms with Gasteiger partial charge in [0.25, 0.3) is 0 Å². The number of hydrogen-bond donors (Lipinski definition) is 1. The van der Waals surface area contributed by atoms with E-state index in [9.17, 15) is 4.79 Å². The van der Waals surface area contributed by atoms with Crippen LogP contribution in [0.5, 0.6) is 0 Å². The summed E-state index contributed by atoms with van der Waals surface area (Å²) in [5.74, 6) is 1.11. The summed E-state index contributed by atoms with van der Waals surface area (Å²) >= 11 is 0. The number of carbonyl (C=O) groups excluding carboxylic acids is 1. The van der Waals surface area contributed by atoms with Crippen molar-refractivity contribution in [1.82, 2.24) is 10.2 Å². The molecule has 1 N–H and O–H groups in total. The van der Waals surface area contributed by atoms with E-state index < -0.39 is 0 Å². The highest BCUT2D eigenvalue weighted by Crippen LogP contribution is 2.31. The standard InChI is InChI=1S/C18H26N2O/c1-2-16-18(21)20(13-12-14-8-6-7-9-14)17(19-16)15-10-4-3-5-11-15/h3-5,10-11,14,16-17,19H,2,6-9,12-13H2,1H3. The van der Waals surface area contributed by atoms with Gasteiger partial charge in [0.15, 0.2) is 0 Å². The molecule has 21 heavy (non-hydrogen) atoms. The lowest BCUT2D eigenvalue weighted by Gasteiger charge is -2.25. The van der Waals surface area contributed by atoms with Gasteiger partial charge in [-0.25, -0.2) is 0 Å². The largest absolute Gasteiger partial charge is 0.322 e. The third-order valence-electron chi connectivity index (χ3n) is 5.03. The molecular formula is C18H26N2O. The Labute approximate surface area is 127 Å². The fourth-order valence-electron chi connectivity index (χ4n) is 3.74. The molecule has 1 saturated heterocycles. The predicted molar refractivity (Wildman–Crippen MR) is 84.7 cm³/mol. The minimum absolute atomic E-state index is 0.0150. The maximum Gasteiger partial charge on any atom is 0.241 e. The van der Waals surface area contributed by atoms with Crippen LogP contribution in [-0.4, -0.2) is 23.4 Å². The van der Waals surface area contributed by atoms with Gasteiger partial charge in [0.05, 0.1) is 6.04 Å². The molecule has 1 heterocycles. The summed E-state index contributed by atoms with van der Waals surface area (Å²) < 4.78 is 0. The smallest absolute Gasteiger partial charge is 0.241 e. The molecule has 3 nitrogen and oxygen atoms in total. The molecule has 2 unspecified atom stereocenters. The molecule has 1 saturated carbocycles. The van der Waals surface area contributed by atoms with E-state index in [1.54, 1.807) is 0 Å². The minimum Gasteiger partial charge on any atom is -0.322 e. The molecule has 1 aliphatic heterocycles. The molecule has 2 atom stereocenters. The van der Waals surface area contributed by atoms with Gasteiger partial charge in [-0.1, -0.05) is 62.9 Å². The predicted octanol–water partition coefficient (Wildman–Crippen LogP) is 3.48. The number of carbonyl (C=O) groups is 1. The van der Waals surface area contributed by atoms with Crippen molar-refractivity contribution in [2.75, 3.05) is 6.54 Å². The van der Waals surface area contributed by atoms with Crippen molar-refractivity contribution < 1.29 is 4.79 Å². The highest BCUT2D eigenvalue weighted by Gasteiger charge is 2.38. The summed E-state index contributed by atoms with van der Waals surface area (Å²) in [6.07, 6.45) is 7.53. The van der Waals surface area contributed by atoms with Gasteiger partial charge in [-0.2, -0.15) is 0 Å². The molecule has 114 valence electrons. The quantitative estimate of drug-likeness (QED) is 0.899. The molecular weight excluding hydrogens is 260 g/mol. The van der Waals surface area contributed by atoms with E-state index in [1.165, 1.54) is 31.2 Å². The molecule has 1 amide bonds. The Balaban J connectivity index is 1.71. The molecule has 3 heteroatoms. The van der Waals surface area contributed by atoms with Gasteiger partial charge in [-0.3, -0.25) is 10.1 Å². The van der Waals surface area contributed by atoms with E-state index >= 15 is 0 Å². The maximum absolute atomic E-state index is 12.6. The van der Waals surface area contributed by atoms with E-state index in [0.29, 0.717) is 0 Å². The van der Waals surface area contributed by atoms with Crippen molar-refractivity contribution in [3.05, 3.63) is 35.9 Å². The maximum atomic E-state index is 12.6. The Morgan fingerprint density at radius 3 is 2.57 bits per heavy atom. The van der Waals surface area contributed by atoms with Crippen molar-refractivity contribution in [3.8, 4) is 0 Å². The average Bonchev–Trinajstić information content (AvgIpc) is 3.14. The van der Waals surface area contributed by atoms with Crippen LogP contribution >= 0.6 is 0 Å². The van der Waals surface area contributed by atoms with Crippen LogP contribution in [0.25, 0.3) is 0 Å². The Hall–Kier alpha value is -1.35. The van der Waals surface area contributed by atoms with Crippen LogP contribution in [-0.2, 0) is 4.79 Å². The molecule has 2 fully saturated rings. The van der Waals surface area contributed by atoms with Crippen molar-refractivity contribution in [2.24, 2.45) is 5.92 Å². The summed E-state index contributed by atoms with van der Waals surface area (Å²) in [7, 11) is 0. The summed E-state index contributed by atoms with van der Waals surface area (Å²) in [5.41, 5.74) is 1.20. The van der Waals surface area contributed by atoms with E-state index in [0.717, 1.165) is 25.3 Å². The first kappa shape index (κ1) is 14.6. The normalized spacial score (nSPS) is 26.7. The second-order valence-electron chi connectivity index (χ2n) is 6.41. The van der Waals surface area contributed by atoms with Gasteiger partial charge in [0, 0.05) is 6.54 Å². The summed E-state index contributed by atoms with van der Waals surface area (Å²) in [6.45, 7) is 2.98. The SMILES string of the molecule is CCC1NC(c2ccccc2)N(CCC2CCCC2)C1=O. The molecule has 0 radical (unpaired) electrons. The highest BCUT2D eigenvalue weighted by molar-refractivity contribution is 5.84. The Morgan fingerprint density at radius 2 is 1.90 bits per heavy atom. The third-order valence-corrected chi connectivity index (χ3v) is 5.03. The third kappa shape index (κ3) is 3.13. The van der Waals surface area contributed by atoms with Gasteiger partial charge in [0.2, 0.25) is 5.91 Å². The summed E-state index contributed by atoms with van der Waals surface area (Å²) in [4.78, 5) is 14.7. The molecule has 0 spiro atoms. The second-order valence-corrected chi connectivity index (χ2v) is 6.41. The van der Waals surface area contributed by atoms with Gasteiger partial charge < -0.3 is 4.90 Å². The lowest BCUT2D eigenvalue weighted by molar-refractivity contribution is -0.130. The van der Waals surface area contributed by atoms with Crippen molar-refractivity contribution >= 4 is 5.91 Å². The minimum atomic E-state index is -0.0150. The van der Waals surface area contributed by atoms with E-state index in [1.807, 2.05) is 6.07 Å². The van der Waals surface area contributed by atoms with Crippen LogP contribution in [0.15, 0.2) is 30.3 Å². The van der Waals surface area contributed by atoms with Crippen molar-refractivity contribution in [3.63, 3.8) is 0 Å². The van der Waals surface area contributed by atoms with Crippen LogP contribution in [0.2, 0.25) is 0 Å². The van der Waals surface area contributed by atoms with Crippen LogP contribution in [0.4, 0.5) is 0 Å². The second kappa shape index (κ2) is 6.61. The topological polar surface area (TPSA) is 32.3 Å². The van der Waals surface area contributed by atoms with Gasteiger partial charge in [-0.05, 0) is 24.3 Å². The van der Waals surface area contributed by atoms with Crippen LogP contribution in [0.3, 0.4) is 0 Å². The Kier molecular flexibility index (Phi) is 4.59. The zero-order valence-electron chi connectivity index (χ0n) is 12.9. The van der Waals surface area contributed by atoms with Crippen LogP contribution < -0.4 is 5.32 Å². The van der Waals surface area contributed by atoms with E-state index in [2.05, 4.69) is 41.4 Å². The molecule has 3 rings (SSSR count). The molecule has 1 aromatic carbocycles. The lowest BCUT2D eigenvalue weighted by atomic mass is 10.0. The lowest BCUT2D eigenvalue weighted by Crippen LogP contribution is -2.32. The van der Waals surface area contributed by atoms with Crippen molar-refractivity contribution in [2.45, 2.75) is 57.7 Å². The number of benzene rings is 1.